The molecule has 0 N–H and O–H groups in total. The fourth-order valence-electron chi connectivity index (χ4n) is 2.33. The summed E-state index contributed by atoms with van der Waals surface area (Å²) >= 11 is 0. The first-order valence-corrected chi connectivity index (χ1v) is 6.18. The molecule has 90 valence electrons. The molecule has 1 aromatic heterocycles. The van der Waals surface area contributed by atoms with Crippen LogP contribution in [-0.2, 0) is 11.8 Å². The van der Waals surface area contributed by atoms with Crippen LogP contribution in [0.2, 0.25) is 0 Å². The van der Waals surface area contributed by atoms with E-state index in [0.717, 1.165) is 24.0 Å². The summed E-state index contributed by atoms with van der Waals surface area (Å²) in [6.07, 6.45) is 5.07. The molecule has 1 aliphatic rings. The lowest BCUT2D eigenvalue weighted by atomic mass is 9.75. The third kappa shape index (κ3) is 1.98. The lowest BCUT2D eigenvalue weighted by Gasteiger charge is -2.29. The molecule has 0 fully saturated rings. The van der Waals surface area contributed by atoms with Crippen LogP contribution in [0.1, 0.15) is 52.2 Å². The average Bonchev–Trinajstić information content (AvgIpc) is 2.63. The van der Waals surface area contributed by atoms with E-state index in [0.29, 0.717) is 5.92 Å². The lowest BCUT2D eigenvalue weighted by molar-refractivity contribution is 0.336. The van der Waals surface area contributed by atoms with Crippen molar-refractivity contribution in [3.05, 3.63) is 29.3 Å². The van der Waals surface area contributed by atoms with Gasteiger partial charge in [0.05, 0.1) is 6.20 Å². The van der Waals surface area contributed by atoms with E-state index in [4.69, 9.17) is 0 Å². The van der Waals surface area contributed by atoms with Gasteiger partial charge in [0.1, 0.15) is 5.82 Å². The Morgan fingerprint density at radius 3 is 2.50 bits per heavy atom. The zero-order chi connectivity index (χ0) is 12.3. The van der Waals surface area contributed by atoms with Crippen LogP contribution in [0.25, 0.3) is 0 Å². The molecule has 0 bridgehead atoms. The van der Waals surface area contributed by atoms with Crippen LogP contribution >= 0.6 is 0 Å². The first-order chi connectivity index (χ1) is 7.55. The Hall–Kier alpha value is -0.920. The summed E-state index contributed by atoms with van der Waals surface area (Å²) in [5.74, 6) is 0.402. The Morgan fingerprint density at radius 2 is 1.94 bits per heavy atom. The monoisotopic (exact) mass is 223 g/mol. The summed E-state index contributed by atoms with van der Waals surface area (Å²) in [5, 5.41) is 0. The maximum Gasteiger partial charge on any atom is 0.144 e. The number of halogens is 1. The molecule has 1 aromatic rings. The normalized spacial score (nSPS) is 22.7. The summed E-state index contributed by atoms with van der Waals surface area (Å²) in [6, 6.07) is 0. The molecule has 1 heterocycles. The third-order valence-corrected chi connectivity index (χ3v) is 3.79. The van der Waals surface area contributed by atoms with E-state index >= 15 is 0 Å². The highest BCUT2D eigenvalue weighted by molar-refractivity contribution is 5.37. The fraction of sp³-hybridized carbons (Fsp3) is 0.643. The van der Waals surface area contributed by atoms with E-state index < -0.39 is 0 Å². The molecule has 1 aliphatic carbocycles. The molecule has 0 amide bonds. The number of rotatable bonds is 1. The zero-order valence-corrected chi connectivity index (χ0v) is 11.0. The highest BCUT2D eigenvalue weighted by atomic mass is 19.1. The summed E-state index contributed by atoms with van der Waals surface area (Å²) < 4.78 is 13.4. The van der Waals surface area contributed by atoms with Crippen LogP contribution in [0.4, 0.5) is 4.39 Å². The molecule has 2 rings (SSSR count). The number of fused-ring (bicyclic) bond motifs is 1. The van der Waals surface area contributed by atoms with Crippen LogP contribution in [0, 0.1) is 11.7 Å². The van der Waals surface area contributed by atoms with Gasteiger partial charge in [0.25, 0.3) is 0 Å². The SMILES string of the molecule is CC.CC(C)C1(C)CCc2c(F)cncc21. The van der Waals surface area contributed by atoms with Crippen molar-refractivity contribution in [2.75, 3.05) is 0 Å². The second kappa shape index (κ2) is 4.94. The van der Waals surface area contributed by atoms with Crippen molar-refractivity contribution in [3.63, 3.8) is 0 Å². The van der Waals surface area contributed by atoms with E-state index in [1.807, 2.05) is 20.0 Å². The molecule has 0 aliphatic heterocycles. The van der Waals surface area contributed by atoms with Gasteiger partial charge in [0.2, 0.25) is 0 Å². The Balaban J connectivity index is 0.000000606. The second-order valence-electron chi connectivity index (χ2n) is 4.72. The topological polar surface area (TPSA) is 12.9 Å². The Morgan fingerprint density at radius 1 is 1.31 bits per heavy atom. The fourth-order valence-corrected chi connectivity index (χ4v) is 2.33. The molecular formula is C14H22FN. The quantitative estimate of drug-likeness (QED) is 0.698. The van der Waals surface area contributed by atoms with E-state index in [9.17, 15) is 4.39 Å². The van der Waals surface area contributed by atoms with Crippen LogP contribution in [0.15, 0.2) is 12.4 Å². The van der Waals surface area contributed by atoms with Gasteiger partial charge in [0.15, 0.2) is 0 Å². The first kappa shape index (κ1) is 13.1. The third-order valence-electron chi connectivity index (χ3n) is 3.79. The van der Waals surface area contributed by atoms with Crippen LogP contribution in [0.5, 0.6) is 0 Å². The Kier molecular flexibility index (Phi) is 4.06. The minimum absolute atomic E-state index is 0.116. The summed E-state index contributed by atoms with van der Waals surface area (Å²) in [7, 11) is 0. The molecule has 1 nitrogen and oxygen atoms in total. The molecule has 2 heteroatoms. The van der Waals surface area contributed by atoms with Crippen molar-refractivity contribution in [2.24, 2.45) is 5.92 Å². The minimum atomic E-state index is -0.133. The smallest absolute Gasteiger partial charge is 0.144 e. The second-order valence-corrected chi connectivity index (χ2v) is 4.72. The Bertz CT molecular complexity index is 360. The summed E-state index contributed by atoms with van der Waals surface area (Å²) in [5.41, 5.74) is 2.12. The Labute approximate surface area is 98.1 Å². The molecule has 16 heavy (non-hydrogen) atoms. The average molecular weight is 223 g/mol. The molecular weight excluding hydrogens is 201 g/mol. The van der Waals surface area contributed by atoms with Gasteiger partial charge in [-0.15, -0.1) is 0 Å². The van der Waals surface area contributed by atoms with Gasteiger partial charge in [-0.1, -0.05) is 34.6 Å². The van der Waals surface area contributed by atoms with Gasteiger partial charge >= 0.3 is 0 Å². The van der Waals surface area contributed by atoms with Crippen molar-refractivity contribution in [2.45, 2.75) is 52.9 Å². The summed E-state index contributed by atoms with van der Waals surface area (Å²) in [6.45, 7) is 10.6. The number of pyridine rings is 1. The molecule has 0 aromatic carbocycles. The molecule has 1 atom stereocenters. The summed E-state index contributed by atoms with van der Waals surface area (Å²) in [4.78, 5) is 3.96. The maximum atomic E-state index is 13.4. The predicted molar refractivity (Wildman–Crippen MR) is 66.1 cm³/mol. The highest BCUT2D eigenvalue weighted by Crippen LogP contribution is 2.44. The van der Waals surface area contributed by atoms with Crippen molar-refractivity contribution in [1.29, 1.82) is 0 Å². The van der Waals surface area contributed by atoms with Crippen LogP contribution in [0.3, 0.4) is 0 Å². The van der Waals surface area contributed by atoms with Crippen LogP contribution in [-0.4, -0.2) is 4.98 Å². The van der Waals surface area contributed by atoms with Gasteiger partial charge in [-0.3, -0.25) is 4.98 Å². The first-order valence-electron chi connectivity index (χ1n) is 6.18. The van der Waals surface area contributed by atoms with Crippen LogP contribution < -0.4 is 0 Å². The van der Waals surface area contributed by atoms with E-state index in [1.54, 1.807) is 0 Å². The predicted octanol–water partition coefficient (Wildman–Crippen LogP) is 4.11. The molecule has 0 saturated heterocycles. The standard InChI is InChI=1S/C12H16FN.C2H6/c1-8(2)12(3)5-4-9-10(12)6-14-7-11(9)13;1-2/h6-8H,4-5H2,1-3H3;1-2H3. The number of hydrogen-bond donors (Lipinski definition) is 0. The molecule has 0 spiro atoms. The lowest BCUT2D eigenvalue weighted by Crippen LogP contribution is -2.25. The molecule has 1 unspecified atom stereocenters. The van der Waals surface area contributed by atoms with Crippen molar-refractivity contribution in [3.8, 4) is 0 Å². The van der Waals surface area contributed by atoms with E-state index in [2.05, 4.69) is 25.8 Å². The molecule has 0 saturated carbocycles. The van der Waals surface area contributed by atoms with Crippen molar-refractivity contribution in [1.82, 2.24) is 4.98 Å². The number of aromatic nitrogens is 1. The maximum absolute atomic E-state index is 13.4. The van der Waals surface area contributed by atoms with Crippen molar-refractivity contribution < 1.29 is 4.39 Å². The minimum Gasteiger partial charge on any atom is -0.261 e. The van der Waals surface area contributed by atoms with Gasteiger partial charge in [0, 0.05) is 6.20 Å². The van der Waals surface area contributed by atoms with Gasteiger partial charge in [-0.25, -0.2) is 4.39 Å². The largest absolute Gasteiger partial charge is 0.261 e. The van der Waals surface area contributed by atoms with Gasteiger partial charge < -0.3 is 0 Å². The number of nitrogens with zero attached hydrogens (tertiary/aromatic N) is 1. The molecule has 0 radical (unpaired) electrons. The van der Waals surface area contributed by atoms with Crippen molar-refractivity contribution >= 4 is 0 Å². The van der Waals surface area contributed by atoms with E-state index in [-0.39, 0.29) is 11.2 Å². The van der Waals surface area contributed by atoms with Gasteiger partial charge in [-0.2, -0.15) is 0 Å². The highest BCUT2D eigenvalue weighted by Gasteiger charge is 2.38. The van der Waals surface area contributed by atoms with Gasteiger partial charge in [-0.05, 0) is 35.3 Å². The zero-order valence-electron chi connectivity index (χ0n) is 11.0. The van der Waals surface area contributed by atoms with E-state index in [1.165, 1.54) is 6.20 Å². The number of hydrogen-bond acceptors (Lipinski definition) is 1.